The summed E-state index contributed by atoms with van der Waals surface area (Å²) in [6.45, 7) is 0. The fourth-order valence-electron chi connectivity index (χ4n) is 7.24. The lowest BCUT2D eigenvalue weighted by atomic mass is 9.96. The van der Waals surface area contributed by atoms with E-state index in [-0.39, 0.29) is 0 Å². The van der Waals surface area contributed by atoms with Gasteiger partial charge in [0.25, 0.3) is 0 Å². The van der Waals surface area contributed by atoms with Crippen molar-refractivity contribution in [2.45, 2.75) is 0 Å². The normalized spacial score (nSPS) is 11.4. The average molecular weight is 679 g/mol. The Morgan fingerprint density at radius 3 is 1.74 bits per heavy atom. The Kier molecular flexibility index (Phi) is 7.40. The molecule has 0 aliphatic carbocycles. The second-order valence-corrected chi connectivity index (χ2v) is 13.0. The Hall–Kier alpha value is -7.24. The van der Waals surface area contributed by atoms with Crippen molar-refractivity contribution in [2.24, 2.45) is 0 Å². The number of hydrogen-bond donors (Lipinski definition) is 0. The first-order valence-corrected chi connectivity index (χ1v) is 17.6. The fraction of sp³-hybridized carbons (Fsp3) is 0. The Bertz CT molecular complexity index is 2950. The van der Waals surface area contributed by atoms with Gasteiger partial charge >= 0.3 is 0 Å². The van der Waals surface area contributed by atoms with Crippen molar-refractivity contribution in [2.75, 3.05) is 0 Å². The Morgan fingerprint density at radius 2 is 0.906 bits per heavy atom. The van der Waals surface area contributed by atoms with E-state index in [1.54, 1.807) is 0 Å². The average Bonchev–Trinajstić information content (AvgIpc) is 3.69. The van der Waals surface area contributed by atoms with E-state index in [9.17, 15) is 0 Å². The van der Waals surface area contributed by atoms with Gasteiger partial charge in [-0.3, -0.25) is 0 Å². The number of hydrogen-bond acceptors (Lipinski definition) is 5. The predicted octanol–water partition coefficient (Wildman–Crippen LogP) is 12.3. The first kappa shape index (κ1) is 30.6. The molecule has 0 bridgehead atoms. The van der Waals surface area contributed by atoms with E-state index in [0.717, 1.165) is 60.8 Å². The van der Waals surface area contributed by atoms with Crippen LogP contribution >= 0.6 is 0 Å². The van der Waals surface area contributed by atoms with Crippen LogP contribution in [0.1, 0.15) is 0 Å². The molecule has 0 N–H and O–H groups in total. The van der Waals surface area contributed by atoms with Crippen LogP contribution in [-0.2, 0) is 0 Å². The van der Waals surface area contributed by atoms with Crippen molar-refractivity contribution in [1.82, 2.24) is 19.9 Å². The molecule has 0 atom stereocenters. The van der Waals surface area contributed by atoms with Crippen LogP contribution in [0.15, 0.2) is 186 Å². The maximum absolute atomic E-state index is 6.55. The molecule has 0 saturated heterocycles. The molecule has 8 aromatic carbocycles. The second-order valence-electron chi connectivity index (χ2n) is 13.0. The summed E-state index contributed by atoms with van der Waals surface area (Å²) in [6.07, 6.45) is 0. The van der Waals surface area contributed by atoms with Crippen LogP contribution in [0.5, 0.6) is 0 Å². The summed E-state index contributed by atoms with van der Waals surface area (Å²) >= 11 is 0. The molecule has 0 spiro atoms. The molecule has 248 valence electrons. The minimum atomic E-state index is 0.555. The van der Waals surface area contributed by atoms with Gasteiger partial charge in [0.05, 0.1) is 0 Å². The third-order valence-electron chi connectivity index (χ3n) is 9.77. The summed E-state index contributed by atoms with van der Waals surface area (Å²) < 4.78 is 6.55. The zero-order valence-corrected chi connectivity index (χ0v) is 28.5. The molecule has 0 fully saturated rings. The summed E-state index contributed by atoms with van der Waals surface area (Å²) in [5.41, 5.74) is 9.44. The van der Waals surface area contributed by atoms with E-state index in [1.165, 1.54) is 10.8 Å². The molecule has 10 aromatic rings. The lowest BCUT2D eigenvalue weighted by Crippen LogP contribution is -2.01. The Balaban J connectivity index is 1.21. The second kappa shape index (κ2) is 12.8. The van der Waals surface area contributed by atoms with E-state index < -0.39 is 0 Å². The quantitative estimate of drug-likeness (QED) is 0.175. The van der Waals surface area contributed by atoms with Crippen LogP contribution in [0.3, 0.4) is 0 Å². The third kappa shape index (κ3) is 5.52. The van der Waals surface area contributed by atoms with Crippen molar-refractivity contribution in [3.05, 3.63) is 182 Å². The highest BCUT2D eigenvalue weighted by Gasteiger charge is 2.20. The summed E-state index contributed by atoms with van der Waals surface area (Å²) in [5, 5.41) is 4.31. The molecule has 5 heteroatoms. The molecule has 0 aliphatic rings. The zero-order chi connectivity index (χ0) is 35.1. The van der Waals surface area contributed by atoms with Crippen molar-refractivity contribution in [3.63, 3.8) is 0 Å². The molecule has 2 aromatic heterocycles. The molecule has 2 heterocycles. The number of benzene rings is 8. The number of oxazole rings is 1. The van der Waals surface area contributed by atoms with Crippen LogP contribution in [0.4, 0.5) is 0 Å². The van der Waals surface area contributed by atoms with Crippen molar-refractivity contribution < 1.29 is 4.42 Å². The van der Waals surface area contributed by atoms with Gasteiger partial charge in [0.1, 0.15) is 5.52 Å². The molecule has 53 heavy (non-hydrogen) atoms. The summed E-state index contributed by atoms with van der Waals surface area (Å²) in [5.74, 6) is 2.30. The largest absolute Gasteiger partial charge is 0.435 e. The van der Waals surface area contributed by atoms with Gasteiger partial charge in [0, 0.05) is 27.6 Å². The van der Waals surface area contributed by atoms with Gasteiger partial charge in [-0.25, -0.2) is 19.9 Å². The fourth-order valence-corrected chi connectivity index (χ4v) is 7.24. The van der Waals surface area contributed by atoms with Gasteiger partial charge in [-0.15, -0.1) is 0 Å². The van der Waals surface area contributed by atoms with Crippen molar-refractivity contribution in [3.8, 4) is 67.9 Å². The lowest BCUT2D eigenvalue weighted by Gasteiger charge is -2.13. The van der Waals surface area contributed by atoms with E-state index in [0.29, 0.717) is 28.9 Å². The third-order valence-corrected chi connectivity index (χ3v) is 9.77. The van der Waals surface area contributed by atoms with E-state index in [2.05, 4.69) is 127 Å². The van der Waals surface area contributed by atoms with E-state index in [1.807, 2.05) is 54.6 Å². The molecule has 0 aliphatic heterocycles. The standard InChI is InChI=1S/C48H30N4O/c1-3-14-31(15-4-1)38-24-9-10-25-40(38)46-50-45(36-22-11-21-35(30-36)39-26-12-19-32-16-7-8-23-37(32)39)51-47(52-46)41-27-13-20-33-28-29-42-44(43(33)41)53-48(49-42)34-17-5-2-6-18-34/h1-30H. The molecule has 0 saturated carbocycles. The monoisotopic (exact) mass is 678 g/mol. The van der Waals surface area contributed by atoms with Gasteiger partial charge in [0.15, 0.2) is 23.1 Å². The molecular formula is C48H30N4O. The number of nitrogens with zero attached hydrogens (tertiary/aromatic N) is 4. The van der Waals surface area contributed by atoms with Crippen LogP contribution in [0.25, 0.3) is 101 Å². The van der Waals surface area contributed by atoms with Gasteiger partial charge in [0.2, 0.25) is 5.89 Å². The minimum absolute atomic E-state index is 0.555. The van der Waals surface area contributed by atoms with Crippen molar-refractivity contribution >= 4 is 32.6 Å². The van der Waals surface area contributed by atoms with Crippen LogP contribution < -0.4 is 0 Å². The highest BCUT2D eigenvalue weighted by atomic mass is 16.3. The molecule has 0 unspecified atom stereocenters. The predicted molar refractivity (Wildman–Crippen MR) is 215 cm³/mol. The van der Waals surface area contributed by atoms with E-state index in [4.69, 9.17) is 24.4 Å². The SMILES string of the molecule is c1ccc(-c2nc3ccc4cccc(-c5nc(-c6cccc(-c7cccc8ccccc78)c6)nc(-c6ccccc6-c6ccccc6)n5)c4c3o2)cc1. The minimum Gasteiger partial charge on any atom is -0.435 e. The number of rotatable bonds is 6. The van der Waals surface area contributed by atoms with Gasteiger partial charge < -0.3 is 4.42 Å². The first-order valence-electron chi connectivity index (χ1n) is 17.6. The maximum Gasteiger partial charge on any atom is 0.227 e. The number of aromatic nitrogens is 4. The number of fused-ring (bicyclic) bond motifs is 4. The molecule has 0 amide bonds. The maximum atomic E-state index is 6.55. The van der Waals surface area contributed by atoms with Crippen LogP contribution in [0, 0.1) is 0 Å². The highest BCUT2D eigenvalue weighted by molar-refractivity contribution is 6.10. The first-order chi connectivity index (χ1) is 26.3. The summed E-state index contributed by atoms with van der Waals surface area (Å²) in [7, 11) is 0. The zero-order valence-electron chi connectivity index (χ0n) is 28.5. The van der Waals surface area contributed by atoms with Gasteiger partial charge in [-0.2, -0.15) is 0 Å². The van der Waals surface area contributed by atoms with Crippen LogP contribution in [0.2, 0.25) is 0 Å². The summed E-state index contributed by atoms with van der Waals surface area (Å²) in [6, 6.07) is 62.3. The molecular weight excluding hydrogens is 649 g/mol. The van der Waals surface area contributed by atoms with Gasteiger partial charge in [-0.1, -0.05) is 158 Å². The lowest BCUT2D eigenvalue weighted by molar-refractivity contribution is 0.623. The summed E-state index contributed by atoms with van der Waals surface area (Å²) in [4.78, 5) is 20.6. The molecule has 10 rings (SSSR count). The Morgan fingerprint density at radius 1 is 0.340 bits per heavy atom. The highest BCUT2D eigenvalue weighted by Crippen LogP contribution is 2.38. The van der Waals surface area contributed by atoms with Crippen molar-refractivity contribution in [1.29, 1.82) is 0 Å². The van der Waals surface area contributed by atoms with Crippen LogP contribution in [-0.4, -0.2) is 19.9 Å². The van der Waals surface area contributed by atoms with E-state index >= 15 is 0 Å². The molecule has 5 nitrogen and oxygen atoms in total. The molecule has 0 radical (unpaired) electrons. The van der Waals surface area contributed by atoms with Gasteiger partial charge in [-0.05, 0) is 62.7 Å². The Labute approximate surface area is 305 Å². The smallest absolute Gasteiger partial charge is 0.227 e. The topological polar surface area (TPSA) is 64.7 Å².